The highest BCUT2D eigenvalue weighted by molar-refractivity contribution is 5.94. The van der Waals surface area contributed by atoms with E-state index in [1.165, 1.54) is 6.92 Å². The van der Waals surface area contributed by atoms with Crippen molar-refractivity contribution in [1.29, 1.82) is 0 Å². The summed E-state index contributed by atoms with van der Waals surface area (Å²) in [4.78, 5) is 24.1. The van der Waals surface area contributed by atoms with Crippen LogP contribution in [0.4, 0.5) is 13.2 Å². The lowest BCUT2D eigenvalue weighted by molar-refractivity contribution is -0.165. The monoisotopic (exact) mass is 293 g/mol. The quantitative estimate of drug-likeness (QED) is 0.589. The summed E-state index contributed by atoms with van der Waals surface area (Å²) in [7, 11) is 0. The average Bonchev–Trinajstić information content (AvgIpc) is 2.38. The van der Waals surface area contributed by atoms with Crippen LogP contribution in [0.1, 0.15) is 26.7 Å². The Hall–Kier alpha value is -1.53. The minimum absolute atomic E-state index is 0.211. The predicted octanol–water partition coefficient (Wildman–Crippen LogP) is 2.30. The summed E-state index contributed by atoms with van der Waals surface area (Å²) in [6, 6.07) is 0. The standard InChI is InChI=1S/C13H18F3NO3/c1-3-20-12(19)10-4-6-17(7-5-10)9(2)8-11(18)13(14,15)16/h8,10H,3-7H2,1-2H3/b9-8-. The number of piperidine rings is 1. The number of carbonyl (C=O) groups excluding carboxylic acids is 2. The van der Waals surface area contributed by atoms with Crippen LogP contribution in [0.15, 0.2) is 11.8 Å². The van der Waals surface area contributed by atoms with Gasteiger partial charge in [0.15, 0.2) is 0 Å². The first-order chi connectivity index (χ1) is 9.25. The molecule has 0 saturated carbocycles. The summed E-state index contributed by atoms with van der Waals surface area (Å²) in [5.41, 5.74) is 0.273. The van der Waals surface area contributed by atoms with Crippen LogP contribution < -0.4 is 0 Å². The highest BCUT2D eigenvalue weighted by atomic mass is 19.4. The molecule has 0 aromatic heterocycles. The van der Waals surface area contributed by atoms with Gasteiger partial charge in [0.2, 0.25) is 0 Å². The lowest BCUT2D eigenvalue weighted by atomic mass is 9.96. The molecule has 1 fully saturated rings. The Morgan fingerprint density at radius 3 is 2.30 bits per heavy atom. The van der Waals surface area contributed by atoms with Gasteiger partial charge in [0.05, 0.1) is 12.5 Å². The summed E-state index contributed by atoms with van der Waals surface area (Å²) >= 11 is 0. The van der Waals surface area contributed by atoms with Crippen LogP contribution in [0, 0.1) is 5.92 Å². The molecule has 0 radical (unpaired) electrons. The molecule has 1 rings (SSSR count). The fraction of sp³-hybridized carbons (Fsp3) is 0.692. The van der Waals surface area contributed by atoms with E-state index < -0.39 is 12.0 Å². The van der Waals surface area contributed by atoms with E-state index in [0.717, 1.165) is 0 Å². The highest BCUT2D eigenvalue weighted by Crippen LogP contribution is 2.23. The molecule has 1 aliphatic rings. The molecule has 0 aliphatic carbocycles. The summed E-state index contributed by atoms with van der Waals surface area (Å²) in [5, 5.41) is 0. The van der Waals surface area contributed by atoms with Crippen LogP contribution in [0.2, 0.25) is 0 Å². The van der Waals surface area contributed by atoms with E-state index in [4.69, 9.17) is 4.74 Å². The van der Waals surface area contributed by atoms with Crippen LogP contribution in [0.3, 0.4) is 0 Å². The van der Waals surface area contributed by atoms with Gasteiger partial charge in [0.1, 0.15) is 0 Å². The van der Waals surface area contributed by atoms with Crippen LogP contribution in [0.25, 0.3) is 0 Å². The van der Waals surface area contributed by atoms with Crippen molar-refractivity contribution in [2.24, 2.45) is 5.92 Å². The van der Waals surface area contributed by atoms with Gasteiger partial charge >= 0.3 is 12.1 Å². The van der Waals surface area contributed by atoms with Crippen molar-refractivity contribution in [2.75, 3.05) is 19.7 Å². The lowest BCUT2D eigenvalue weighted by Crippen LogP contribution is -2.36. The molecule has 4 nitrogen and oxygen atoms in total. The van der Waals surface area contributed by atoms with Gasteiger partial charge in [-0.3, -0.25) is 9.59 Å². The van der Waals surface area contributed by atoms with Crippen molar-refractivity contribution in [3.8, 4) is 0 Å². The van der Waals surface area contributed by atoms with E-state index in [1.807, 2.05) is 0 Å². The summed E-state index contributed by atoms with van der Waals surface area (Å²) < 4.78 is 41.4. The van der Waals surface area contributed by atoms with Crippen LogP contribution in [0.5, 0.6) is 0 Å². The van der Waals surface area contributed by atoms with Crippen LogP contribution in [-0.2, 0) is 14.3 Å². The molecule has 0 amide bonds. The van der Waals surface area contributed by atoms with Crippen molar-refractivity contribution in [3.05, 3.63) is 11.8 Å². The Morgan fingerprint density at radius 1 is 1.30 bits per heavy atom. The van der Waals surface area contributed by atoms with E-state index in [1.54, 1.807) is 11.8 Å². The zero-order chi connectivity index (χ0) is 15.3. The van der Waals surface area contributed by atoms with Gasteiger partial charge in [-0.05, 0) is 26.7 Å². The van der Waals surface area contributed by atoms with Crippen LogP contribution in [-0.4, -0.2) is 42.5 Å². The maximum Gasteiger partial charge on any atom is 0.454 e. The third kappa shape index (κ3) is 4.54. The fourth-order valence-electron chi connectivity index (χ4n) is 2.09. The molecule has 1 saturated heterocycles. The Bertz CT molecular complexity index is 396. The summed E-state index contributed by atoms with van der Waals surface area (Å²) in [6.07, 6.45) is -3.20. The Morgan fingerprint density at radius 2 is 1.85 bits per heavy atom. The Balaban J connectivity index is 2.55. The van der Waals surface area contributed by atoms with Crippen molar-refractivity contribution in [3.63, 3.8) is 0 Å². The largest absolute Gasteiger partial charge is 0.466 e. The molecular formula is C13H18F3NO3. The van der Waals surface area contributed by atoms with Gasteiger partial charge in [-0.25, -0.2) is 0 Å². The van der Waals surface area contributed by atoms with E-state index in [-0.39, 0.29) is 17.6 Å². The molecule has 0 atom stereocenters. The normalized spacial score (nSPS) is 18.1. The highest BCUT2D eigenvalue weighted by Gasteiger charge is 2.37. The number of carbonyl (C=O) groups is 2. The number of rotatable bonds is 4. The number of halogens is 3. The van der Waals surface area contributed by atoms with Gasteiger partial charge in [0.25, 0.3) is 5.78 Å². The molecule has 0 aromatic rings. The Kier molecular flexibility index (Phi) is 5.59. The molecule has 0 unspecified atom stereocenters. The lowest BCUT2D eigenvalue weighted by Gasteiger charge is -2.33. The molecule has 20 heavy (non-hydrogen) atoms. The Labute approximate surface area is 115 Å². The third-order valence-corrected chi connectivity index (χ3v) is 3.23. The number of hydrogen-bond donors (Lipinski definition) is 0. The smallest absolute Gasteiger partial charge is 0.454 e. The third-order valence-electron chi connectivity index (χ3n) is 3.23. The number of alkyl halides is 3. The van der Waals surface area contributed by atoms with E-state index in [0.29, 0.717) is 38.6 Å². The number of ether oxygens (including phenoxy) is 1. The van der Waals surface area contributed by atoms with E-state index >= 15 is 0 Å². The minimum atomic E-state index is -4.84. The van der Waals surface area contributed by atoms with E-state index in [2.05, 4.69) is 0 Å². The second-order valence-electron chi connectivity index (χ2n) is 4.66. The van der Waals surface area contributed by atoms with Gasteiger partial charge in [0, 0.05) is 24.9 Å². The topological polar surface area (TPSA) is 46.6 Å². The number of nitrogens with zero attached hydrogens (tertiary/aromatic N) is 1. The maximum atomic E-state index is 12.2. The van der Waals surface area contributed by atoms with Gasteiger partial charge < -0.3 is 9.64 Å². The van der Waals surface area contributed by atoms with E-state index in [9.17, 15) is 22.8 Å². The first kappa shape index (κ1) is 16.5. The molecule has 0 bridgehead atoms. The predicted molar refractivity (Wildman–Crippen MR) is 65.7 cm³/mol. The number of allylic oxidation sites excluding steroid dienone is 2. The summed E-state index contributed by atoms with van der Waals surface area (Å²) in [5.74, 6) is -2.33. The molecule has 1 heterocycles. The second-order valence-corrected chi connectivity index (χ2v) is 4.66. The molecule has 7 heteroatoms. The molecule has 114 valence electrons. The fourth-order valence-corrected chi connectivity index (χ4v) is 2.09. The van der Waals surface area contributed by atoms with Gasteiger partial charge in [-0.2, -0.15) is 13.2 Å². The number of esters is 1. The summed E-state index contributed by atoms with van der Waals surface area (Å²) in [6.45, 7) is 4.39. The zero-order valence-electron chi connectivity index (χ0n) is 11.5. The minimum Gasteiger partial charge on any atom is -0.466 e. The first-order valence-electron chi connectivity index (χ1n) is 6.46. The number of likely N-dealkylation sites (tertiary alicyclic amines) is 1. The molecular weight excluding hydrogens is 275 g/mol. The van der Waals surface area contributed by atoms with Crippen LogP contribution >= 0.6 is 0 Å². The van der Waals surface area contributed by atoms with Gasteiger partial charge in [-0.1, -0.05) is 0 Å². The second kappa shape index (κ2) is 6.76. The molecule has 0 spiro atoms. The SMILES string of the molecule is CCOC(=O)C1CCN(/C(C)=C\C(=O)C(F)(F)F)CC1. The molecule has 0 aromatic carbocycles. The van der Waals surface area contributed by atoms with Crippen molar-refractivity contribution < 1.29 is 27.5 Å². The van der Waals surface area contributed by atoms with Crippen molar-refractivity contribution >= 4 is 11.8 Å². The molecule has 1 aliphatic heterocycles. The number of ketones is 1. The maximum absolute atomic E-state index is 12.2. The van der Waals surface area contributed by atoms with Gasteiger partial charge in [-0.15, -0.1) is 0 Å². The number of hydrogen-bond acceptors (Lipinski definition) is 4. The van der Waals surface area contributed by atoms with Crippen molar-refractivity contribution in [1.82, 2.24) is 4.90 Å². The average molecular weight is 293 g/mol. The molecule has 0 N–H and O–H groups in total. The van der Waals surface area contributed by atoms with Crippen molar-refractivity contribution in [2.45, 2.75) is 32.9 Å². The zero-order valence-corrected chi connectivity index (χ0v) is 11.5. The first-order valence-corrected chi connectivity index (χ1v) is 6.46.